The number of rotatable bonds is 6. The zero-order valence-electron chi connectivity index (χ0n) is 8.51. The van der Waals surface area contributed by atoms with E-state index in [1.54, 1.807) is 17.9 Å². The van der Waals surface area contributed by atoms with Crippen LogP contribution >= 0.6 is 0 Å². The van der Waals surface area contributed by atoms with Crippen molar-refractivity contribution in [2.45, 2.75) is 13.5 Å². The van der Waals surface area contributed by atoms with Crippen LogP contribution in [0.3, 0.4) is 0 Å². The number of carboxylic acid groups (broad SMARTS) is 1. The molecule has 0 spiro atoms. The third-order valence-electron chi connectivity index (χ3n) is 1.67. The van der Waals surface area contributed by atoms with Gasteiger partial charge in [-0.05, 0) is 6.92 Å². The highest BCUT2D eigenvalue weighted by Gasteiger charge is 2.12. The first-order valence-corrected chi connectivity index (χ1v) is 4.46. The molecule has 6 heteroatoms. The SMILES string of the molecule is C=CCN(CC(=O)O)Cc1nc(C)no1. The van der Waals surface area contributed by atoms with Crippen molar-refractivity contribution in [2.75, 3.05) is 13.1 Å². The first-order valence-electron chi connectivity index (χ1n) is 4.46. The molecule has 0 atom stereocenters. The highest BCUT2D eigenvalue weighted by atomic mass is 16.5. The Kier molecular flexibility index (Phi) is 3.99. The second kappa shape index (κ2) is 5.26. The number of aryl methyl sites for hydroxylation is 1. The maximum atomic E-state index is 10.5. The molecule has 6 nitrogen and oxygen atoms in total. The fourth-order valence-electron chi connectivity index (χ4n) is 1.15. The topological polar surface area (TPSA) is 79.5 Å². The molecular weight excluding hydrogens is 198 g/mol. The predicted molar refractivity (Wildman–Crippen MR) is 52.1 cm³/mol. The molecule has 0 saturated heterocycles. The number of carboxylic acids is 1. The molecule has 1 N–H and O–H groups in total. The average Bonchev–Trinajstić information content (AvgIpc) is 2.50. The molecule has 1 heterocycles. The third-order valence-corrected chi connectivity index (χ3v) is 1.67. The van der Waals surface area contributed by atoms with E-state index in [1.165, 1.54) is 0 Å². The maximum absolute atomic E-state index is 10.5. The maximum Gasteiger partial charge on any atom is 0.317 e. The van der Waals surface area contributed by atoms with Gasteiger partial charge in [0.25, 0.3) is 0 Å². The monoisotopic (exact) mass is 211 g/mol. The van der Waals surface area contributed by atoms with Crippen molar-refractivity contribution < 1.29 is 14.4 Å². The van der Waals surface area contributed by atoms with Gasteiger partial charge in [0.2, 0.25) is 5.89 Å². The minimum absolute atomic E-state index is 0.0759. The lowest BCUT2D eigenvalue weighted by Crippen LogP contribution is -2.29. The van der Waals surface area contributed by atoms with E-state index in [9.17, 15) is 4.79 Å². The summed E-state index contributed by atoms with van der Waals surface area (Å²) in [4.78, 5) is 16.2. The van der Waals surface area contributed by atoms with Gasteiger partial charge in [0.1, 0.15) is 0 Å². The van der Waals surface area contributed by atoms with Crippen LogP contribution in [0.15, 0.2) is 17.2 Å². The predicted octanol–water partition coefficient (Wildman–Crippen LogP) is 0.451. The molecule has 0 aliphatic heterocycles. The average molecular weight is 211 g/mol. The van der Waals surface area contributed by atoms with Crippen molar-refractivity contribution in [1.29, 1.82) is 0 Å². The van der Waals surface area contributed by atoms with Gasteiger partial charge in [-0.25, -0.2) is 0 Å². The van der Waals surface area contributed by atoms with Gasteiger partial charge in [-0.2, -0.15) is 4.98 Å². The quantitative estimate of drug-likeness (QED) is 0.688. The minimum atomic E-state index is -0.895. The summed E-state index contributed by atoms with van der Waals surface area (Å²) in [6.45, 7) is 5.97. The van der Waals surface area contributed by atoms with Crippen LogP contribution in [-0.2, 0) is 11.3 Å². The van der Waals surface area contributed by atoms with E-state index >= 15 is 0 Å². The van der Waals surface area contributed by atoms with Crippen molar-refractivity contribution in [2.24, 2.45) is 0 Å². The number of aliphatic carboxylic acids is 1. The lowest BCUT2D eigenvalue weighted by molar-refractivity contribution is -0.138. The van der Waals surface area contributed by atoms with Crippen LogP contribution in [0.1, 0.15) is 11.7 Å². The molecular formula is C9H13N3O3. The van der Waals surface area contributed by atoms with Crippen molar-refractivity contribution >= 4 is 5.97 Å². The van der Waals surface area contributed by atoms with E-state index in [-0.39, 0.29) is 6.54 Å². The summed E-state index contributed by atoms with van der Waals surface area (Å²) in [5.41, 5.74) is 0. The van der Waals surface area contributed by atoms with E-state index < -0.39 is 5.97 Å². The van der Waals surface area contributed by atoms with Crippen LogP contribution in [0, 0.1) is 6.92 Å². The molecule has 0 fully saturated rings. The zero-order valence-corrected chi connectivity index (χ0v) is 8.51. The van der Waals surface area contributed by atoms with E-state index in [1.807, 2.05) is 0 Å². The fraction of sp³-hybridized carbons (Fsp3) is 0.444. The van der Waals surface area contributed by atoms with Crippen molar-refractivity contribution in [1.82, 2.24) is 15.0 Å². The molecule has 0 aliphatic rings. The van der Waals surface area contributed by atoms with Crippen LogP contribution in [0.25, 0.3) is 0 Å². The largest absolute Gasteiger partial charge is 0.480 e. The minimum Gasteiger partial charge on any atom is -0.480 e. The molecule has 0 bridgehead atoms. The molecule has 82 valence electrons. The molecule has 1 aromatic rings. The number of nitrogens with zero attached hydrogens (tertiary/aromatic N) is 3. The number of carbonyl (C=O) groups is 1. The smallest absolute Gasteiger partial charge is 0.317 e. The van der Waals surface area contributed by atoms with Gasteiger partial charge in [-0.15, -0.1) is 6.58 Å². The molecule has 15 heavy (non-hydrogen) atoms. The normalized spacial score (nSPS) is 10.5. The standard InChI is InChI=1S/C9H13N3O3/c1-3-4-12(6-9(13)14)5-8-10-7(2)11-15-8/h3H,1,4-6H2,2H3,(H,13,14). The molecule has 0 amide bonds. The summed E-state index contributed by atoms with van der Waals surface area (Å²) in [6, 6.07) is 0. The van der Waals surface area contributed by atoms with Gasteiger partial charge in [0.15, 0.2) is 5.82 Å². The summed E-state index contributed by atoms with van der Waals surface area (Å²) < 4.78 is 4.89. The van der Waals surface area contributed by atoms with Crippen molar-refractivity contribution in [3.8, 4) is 0 Å². The molecule has 0 radical (unpaired) electrons. The fourth-order valence-corrected chi connectivity index (χ4v) is 1.15. The lowest BCUT2D eigenvalue weighted by atomic mass is 10.4. The number of hydrogen-bond acceptors (Lipinski definition) is 5. The van der Waals surface area contributed by atoms with E-state index in [4.69, 9.17) is 9.63 Å². The Morgan fingerprint density at radius 2 is 2.47 bits per heavy atom. The molecule has 1 rings (SSSR count). The second-order valence-corrected chi connectivity index (χ2v) is 3.09. The number of hydrogen-bond donors (Lipinski definition) is 1. The molecule has 0 unspecified atom stereocenters. The Bertz CT molecular complexity index is 348. The van der Waals surface area contributed by atoms with Crippen LogP contribution in [-0.4, -0.2) is 39.2 Å². The van der Waals surface area contributed by atoms with Crippen LogP contribution in [0.5, 0.6) is 0 Å². The van der Waals surface area contributed by atoms with Gasteiger partial charge in [-0.1, -0.05) is 11.2 Å². The van der Waals surface area contributed by atoms with E-state index in [0.717, 1.165) is 0 Å². The molecule has 1 aromatic heterocycles. The Labute approximate surface area is 87.2 Å². The van der Waals surface area contributed by atoms with Gasteiger partial charge in [0, 0.05) is 6.54 Å². The van der Waals surface area contributed by atoms with Gasteiger partial charge < -0.3 is 9.63 Å². The Morgan fingerprint density at radius 1 is 1.73 bits per heavy atom. The van der Waals surface area contributed by atoms with Crippen LogP contribution in [0.2, 0.25) is 0 Å². The van der Waals surface area contributed by atoms with Gasteiger partial charge >= 0.3 is 5.97 Å². The Morgan fingerprint density at radius 3 is 2.93 bits per heavy atom. The summed E-state index contributed by atoms with van der Waals surface area (Å²) >= 11 is 0. The Hall–Kier alpha value is -1.69. The summed E-state index contributed by atoms with van der Waals surface area (Å²) in [5, 5.41) is 12.3. The molecule has 0 saturated carbocycles. The number of aromatic nitrogens is 2. The first kappa shape index (κ1) is 11.4. The summed E-state index contributed by atoms with van der Waals surface area (Å²) in [6.07, 6.45) is 1.63. The highest BCUT2D eigenvalue weighted by Crippen LogP contribution is 2.01. The third kappa shape index (κ3) is 3.90. The summed E-state index contributed by atoms with van der Waals surface area (Å²) in [7, 11) is 0. The van der Waals surface area contributed by atoms with Crippen molar-refractivity contribution in [3.05, 3.63) is 24.4 Å². The van der Waals surface area contributed by atoms with E-state index in [0.29, 0.717) is 24.8 Å². The van der Waals surface area contributed by atoms with Gasteiger partial charge in [-0.3, -0.25) is 9.69 Å². The molecule has 0 aliphatic carbocycles. The first-order chi connectivity index (χ1) is 7.11. The highest BCUT2D eigenvalue weighted by molar-refractivity contribution is 5.69. The van der Waals surface area contributed by atoms with Gasteiger partial charge in [0.05, 0.1) is 13.1 Å². The summed E-state index contributed by atoms with van der Waals surface area (Å²) in [5.74, 6) is 0.0579. The van der Waals surface area contributed by atoms with Crippen LogP contribution in [0.4, 0.5) is 0 Å². The Balaban J connectivity index is 2.57. The van der Waals surface area contributed by atoms with E-state index in [2.05, 4.69) is 16.7 Å². The van der Waals surface area contributed by atoms with Crippen LogP contribution < -0.4 is 0 Å². The molecule has 0 aromatic carbocycles. The lowest BCUT2D eigenvalue weighted by Gasteiger charge is -2.15. The second-order valence-electron chi connectivity index (χ2n) is 3.09. The zero-order chi connectivity index (χ0) is 11.3. The van der Waals surface area contributed by atoms with Crippen molar-refractivity contribution in [3.63, 3.8) is 0 Å².